The molecule has 3 aromatic rings. The highest BCUT2D eigenvalue weighted by Crippen LogP contribution is 2.34. The first kappa shape index (κ1) is 16.5. The van der Waals surface area contributed by atoms with Crippen molar-refractivity contribution in [1.82, 2.24) is 4.57 Å². The number of aromatic nitrogens is 1. The van der Waals surface area contributed by atoms with E-state index < -0.39 is 0 Å². The molecule has 1 aliphatic rings. The Hall–Kier alpha value is -2.95. The van der Waals surface area contributed by atoms with Crippen LogP contribution in [0.1, 0.15) is 35.5 Å². The Balaban J connectivity index is 1.73. The molecule has 0 radical (unpaired) electrons. The average molecular weight is 350 g/mol. The highest BCUT2D eigenvalue weighted by molar-refractivity contribution is 6.08. The van der Waals surface area contributed by atoms with Gasteiger partial charge in [0.15, 0.2) is 11.5 Å². The summed E-state index contributed by atoms with van der Waals surface area (Å²) in [4.78, 5) is 13.0. The molecule has 134 valence electrons. The van der Waals surface area contributed by atoms with E-state index in [1.54, 1.807) is 6.07 Å². The molecule has 0 spiro atoms. The van der Waals surface area contributed by atoms with Crippen LogP contribution < -0.4 is 14.8 Å². The van der Waals surface area contributed by atoms with E-state index in [-0.39, 0.29) is 12.7 Å². The van der Waals surface area contributed by atoms with Gasteiger partial charge in [-0.1, -0.05) is 13.0 Å². The van der Waals surface area contributed by atoms with Crippen LogP contribution in [0.5, 0.6) is 11.5 Å². The van der Waals surface area contributed by atoms with Gasteiger partial charge in [-0.2, -0.15) is 0 Å². The minimum atomic E-state index is -0.113. The number of fused-ring (bicyclic) bond motifs is 2. The number of hydrogen-bond donors (Lipinski definition) is 1. The van der Waals surface area contributed by atoms with Crippen molar-refractivity contribution < 1.29 is 14.3 Å². The van der Waals surface area contributed by atoms with Crippen LogP contribution in [0.15, 0.2) is 36.4 Å². The Kier molecular flexibility index (Phi) is 4.07. The molecule has 2 heterocycles. The molecular weight excluding hydrogens is 328 g/mol. The number of nitrogens with zero attached hydrogens (tertiary/aromatic N) is 1. The van der Waals surface area contributed by atoms with Crippen LogP contribution in [0.2, 0.25) is 0 Å². The van der Waals surface area contributed by atoms with Gasteiger partial charge in [0.25, 0.3) is 5.91 Å². The summed E-state index contributed by atoms with van der Waals surface area (Å²) in [5, 5.41) is 4.14. The van der Waals surface area contributed by atoms with Crippen LogP contribution in [0, 0.1) is 6.92 Å². The zero-order chi connectivity index (χ0) is 18.3. The maximum Gasteiger partial charge on any atom is 0.272 e. The van der Waals surface area contributed by atoms with Gasteiger partial charge in [0.2, 0.25) is 6.79 Å². The average Bonchev–Trinajstić information content (AvgIpc) is 3.23. The second-order valence-electron chi connectivity index (χ2n) is 6.45. The number of amides is 1. The second kappa shape index (κ2) is 6.41. The Morgan fingerprint density at radius 2 is 1.92 bits per heavy atom. The highest BCUT2D eigenvalue weighted by Gasteiger charge is 2.21. The van der Waals surface area contributed by atoms with Gasteiger partial charge in [-0.25, -0.2) is 0 Å². The molecule has 0 atom stereocenters. The van der Waals surface area contributed by atoms with E-state index in [2.05, 4.69) is 41.9 Å². The molecule has 1 N–H and O–H groups in total. The van der Waals surface area contributed by atoms with Gasteiger partial charge < -0.3 is 19.4 Å². The molecule has 26 heavy (non-hydrogen) atoms. The lowest BCUT2D eigenvalue weighted by Gasteiger charge is -2.10. The third kappa shape index (κ3) is 2.60. The quantitative estimate of drug-likeness (QED) is 0.753. The number of ether oxygens (including phenoxy) is 2. The zero-order valence-electron chi connectivity index (χ0n) is 15.3. The van der Waals surface area contributed by atoms with E-state index in [4.69, 9.17) is 9.47 Å². The maximum absolute atomic E-state index is 13.0. The zero-order valence-corrected chi connectivity index (χ0v) is 15.3. The van der Waals surface area contributed by atoms with Crippen LogP contribution in [-0.2, 0) is 13.0 Å². The molecule has 2 aromatic carbocycles. The summed E-state index contributed by atoms with van der Waals surface area (Å²) in [5.74, 6) is 1.24. The summed E-state index contributed by atoms with van der Waals surface area (Å²) in [6.45, 7) is 7.17. The van der Waals surface area contributed by atoms with Crippen LogP contribution in [0.3, 0.4) is 0 Å². The maximum atomic E-state index is 13.0. The topological polar surface area (TPSA) is 52.5 Å². The number of rotatable bonds is 4. The van der Waals surface area contributed by atoms with Gasteiger partial charge in [-0.05, 0) is 55.7 Å². The molecule has 0 saturated heterocycles. The molecular formula is C21H22N2O3. The first-order chi connectivity index (χ1) is 12.6. The molecule has 0 unspecified atom stereocenters. The number of nitrogens with one attached hydrogen (secondary N) is 1. The van der Waals surface area contributed by atoms with Gasteiger partial charge in [-0.3, -0.25) is 4.79 Å². The number of anilines is 1. The van der Waals surface area contributed by atoms with Crippen molar-refractivity contribution in [2.75, 3.05) is 12.1 Å². The summed E-state index contributed by atoms with van der Waals surface area (Å²) in [7, 11) is 0. The minimum Gasteiger partial charge on any atom is -0.454 e. The lowest BCUT2D eigenvalue weighted by atomic mass is 10.1. The molecule has 4 rings (SSSR count). The van der Waals surface area contributed by atoms with Crippen LogP contribution >= 0.6 is 0 Å². The molecule has 0 bridgehead atoms. The minimum absolute atomic E-state index is 0.113. The predicted molar refractivity (Wildman–Crippen MR) is 102 cm³/mol. The molecule has 1 amide bonds. The summed E-state index contributed by atoms with van der Waals surface area (Å²) in [6, 6.07) is 11.9. The van der Waals surface area contributed by atoms with Gasteiger partial charge in [0.05, 0.1) is 0 Å². The number of benzene rings is 2. The number of carbonyl (C=O) groups is 1. The standard InChI is InChI=1S/C21H22N2O3/c1-4-14-6-8-17-16(10-14)13(3)20(23(17)5-2)21(24)22-15-7-9-18-19(11-15)26-12-25-18/h6-11H,4-5,12H2,1-3H3,(H,22,24). The van der Waals surface area contributed by atoms with E-state index in [9.17, 15) is 4.79 Å². The molecule has 5 heteroatoms. The molecule has 0 fully saturated rings. The van der Waals surface area contributed by atoms with Crippen LogP contribution in [0.4, 0.5) is 5.69 Å². The van der Waals surface area contributed by atoms with E-state index >= 15 is 0 Å². The van der Waals surface area contributed by atoms with Crippen LogP contribution in [-0.4, -0.2) is 17.3 Å². The first-order valence-corrected chi connectivity index (χ1v) is 8.95. The summed E-state index contributed by atoms with van der Waals surface area (Å²) < 4.78 is 12.8. The van der Waals surface area contributed by atoms with Crippen molar-refractivity contribution in [3.05, 3.63) is 53.2 Å². The lowest BCUT2D eigenvalue weighted by molar-refractivity contribution is 0.101. The summed E-state index contributed by atoms with van der Waals surface area (Å²) in [5.41, 5.74) is 4.78. The molecule has 1 aromatic heterocycles. The van der Waals surface area contributed by atoms with Crippen molar-refractivity contribution >= 4 is 22.5 Å². The van der Waals surface area contributed by atoms with E-state index in [0.717, 1.165) is 29.4 Å². The van der Waals surface area contributed by atoms with Crippen molar-refractivity contribution in [1.29, 1.82) is 0 Å². The van der Waals surface area contributed by atoms with Gasteiger partial charge >= 0.3 is 0 Å². The number of hydrogen-bond acceptors (Lipinski definition) is 3. The monoisotopic (exact) mass is 350 g/mol. The Labute approximate surface area is 152 Å². The Morgan fingerprint density at radius 1 is 1.12 bits per heavy atom. The summed E-state index contributed by atoms with van der Waals surface area (Å²) >= 11 is 0. The van der Waals surface area contributed by atoms with Gasteiger partial charge in [0, 0.05) is 29.2 Å². The van der Waals surface area contributed by atoms with E-state index in [0.29, 0.717) is 22.9 Å². The third-order valence-corrected chi connectivity index (χ3v) is 4.95. The predicted octanol–water partition coefficient (Wildman–Crippen LogP) is 4.51. The third-order valence-electron chi connectivity index (χ3n) is 4.95. The van der Waals surface area contributed by atoms with E-state index in [1.807, 2.05) is 19.1 Å². The molecule has 0 saturated carbocycles. The van der Waals surface area contributed by atoms with Crippen molar-refractivity contribution in [2.24, 2.45) is 0 Å². The number of carbonyl (C=O) groups excluding carboxylic acids is 1. The van der Waals surface area contributed by atoms with Crippen molar-refractivity contribution in [3.8, 4) is 11.5 Å². The molecule has 0 aliphatic carbocycles. The lowest BCUT2D eigenvalue weighted by Crippen LogP contribution is -2.17. The second-order valence-corrected chi connectivity index (χ2v) is 6.45. The van der Waals surface area contributed by atoms with E-state index in [1.165, 1.54) is 5.56 Å². The number of aryl methyl sites for hydroxylation is 3. The van der Waals surface area contributed by atoms with Gasteiger partial charge in [0.1, 0.15) is 5.69 Å². The fourth-order valence-electron chi connectivity index (χ4n) is 3.58. The van der Waals surface area contributed by atoms with Crippen molar-refractivity contribution in [2.45, 2.75) is 33.7 Å². The first-order valence-electron chi connectivity index (χ1n) is 8.95. The van der Waals surface area contributed by atoms with Gasteiger partial charge in [-0.15, -0.1) is 0 Å². The smallest absolute Gasteiger partial charge is 0.272 e. The summed E-state index contributed by atoms with van der Waals surface area (Å²) in [6.07, 6.45) is 0.978. The fourth-order valence-corrected chi connectivity index (χ4v) is 3.58. The van der Waals surface area contributed by atoms with Crippen LogP contribution in [0.25, 0.3) is 10.9 Å². The fraction of sp³-hybridized carbons (Fsp3) is 0.286. The SMILES string of the molecule is CCc1ccc2c(c1)c(C)c(C(=O)Nc1ccc3c(c1)OCO3)n2CC. The highest BCUT2D eigenvalue weighted by atomic mass is 16.7. The Morgan fingerprint density at radius 3 is 2.69 bits per heavy atom. The normalized spacial score (nSPS) is 12.6. The Bertz CT molecular complexity index is 1000. The van der Waals surface area contributed by atoms with Crippen molar-refractivity contribution in [3.63, 3.8) is 0 Å². The largest absolute Gasteiger partial charge is 0.454 e. The molecule has 1 aliphatic heterocycles. The molecule has 5 nitrogen and oxygen atoms in total.